The number of piperidine rings is 1. The lowest BCUT2D eigenvalue weighted by atomic mass is 10.2. The average molecular weight is 281 g/mol. The van der Waals surface area contributed by atoms with E-state index >= 15 is 0 Å². The smallest absolute Gasteiger partial charge is 0.322 e. The van der Waals surface area contributed by atoms with Crippen LogP contribution in [0.1, 0.15) is 12.0 Å². The first kappa shape index (κ1) is 12.6. The molecule has 1 aromatic rings. The van der Waals surface area contributed by atoms with E-state index in [9.17, 15) is 18.3 Å². The summed E-state index contributed by atoms with van der Waals surface area (Å²) in [7, 11) is -3.70. The third kappa shape index (κ3) is 1.95. The van der Waals surface area contributed by atoms with E-state index in [0.717, 1.165) is 16.3 Å². The van der Waals surface area contributed by atoms with Crippen molar-refractivity contribution in [2.45, 2.75) is 24.3 Å². The van der Waals surface area contributed by atoms with Crippen LogP contribution >= 0.6 is 0 Å². The van der Waals surface area contributed by atoms with Crippen molar-refractivity contribution in [2.24, 2.45) is 11.8 Å². The Morgan fingerprint density at radius 1 is 1.32 bits per heavy atom. The molecule has 0 amide bonds. The number of sulfonamides is 1. The van der Waals surface area contributed by atoms with Gasteiger partial charge in [-0.25, -0.2) is 8.42 Å². The van der Waals surface area contributed by atoms with Crippen molar-refractivity contribution in [2.75, 3.05) is 6.54 Å². The number of carboxylic acids is 1. The summed E-state index contributed by atoms with van der Waals surface area (Å²) in [6.45, 7) is 2.21. The number of aliphatic carboxylic acids is 1. The van der Waals surface area contributed by atoms with Gasteiger partial charge in [-0.1, -0.05) is 17.7 Å². The standard InChI is InChI=1S/C13H15NO4S/c1-8-2-4-10(5-3-8)19(17,18)14-7-9-6-11(9)12(14)13(15)16/h2-5,9,11-12H,6-7H2,1H3,(H,15,16)/t9-,11-,12+/m0/s1. The van der Waals surface area contributed by atoms with Gasteiger partial charge in [-0.15, -0.1) is 0 Å². The van der Waals surface area contributed by atoms with Crippen molar-refractivity contribution in [1.29, 1.82) is 0 Å². The van der Waals surface area contributed by atoms with Crippen molar-refractivity contribution in [3.8, 4) is 0 Å². The first-order chi connectivity index (χ1) is 8.91. The van der Waals surface area contributed by atoms with Crippen LogP contribution in [0.4, 0.5) is 0 Å². The second-order valence-electron chi connectivity index (χ2n) is 5.33. The van der Waals surface area contributed by atoms with Crippen molar-refractivity contribution in [3.63, 3.8) is 0 Å². The molecule has 0 aromatic heterocycles. The van der Waals surface area contributed by atoms with E-state index in [2.05, 4.69) is 0 Å². The van der Waals surface area contributed by atoms with Crippen LogP contribution in [0.3, 0.4) is 0 Å². The van der Waals surface area contributed by atoms with Crippen LogP contribution in [0.25, 0.3) is 0 Å². The van der Waals surface area contributed by atoms with Crippen molar-refractivity contribution in [3.05, 3.63) is 29.8 Å². The molecule has 3 rings (SSSR count). The fourth-order valence-electron chi connectivity index (χ4n) is 2.83. The minimum atomic E-state index is -3.70. The lowest BCUT2D eigenvalue weighted by molar-refractivity contribution is -0.141. The average Bonchev–Trinajstić information content (AvgIpc) is 2.99. The van der Waals surface area contributed by atoms with E-state index < -0.39 is 22.0 Å². The lowest BCUT2D eigenvalue weighted by Crippen LogP contribution is -2.43. The molecule has 1 aliphatic heterocycles. The van der Waals surface area contributed by atoms with Gasteiger partial charge in [0.1, 0.15) is 6.04 Å². The van der Waals surface area contributed by atoms with Gasteiger partial charge in [0.25, 0.3) is 0 Å². The Bertz CT molecular complexity index is 623. The van der Waals surface area contributed by atoms with Crippen molar-refractivity contribution in [1.82, 2.24) is 4.31 Å². The topological polar surface area (TPSA) is 74.7 Å². The summed E-state index contributed by atoms with van der Waals surface area (Å²) in [6, 6.07) is 5.62. The molecule has 1 aliphatic carbocycles. The van der Waals surface area contributed by atoms with Gasteiger partial charge in [0.2, 0.25) is 10.0 Å². The molecule has 1 heterocycles. The molecule has 0 bridgehead atoms. The normalized spacial score (nSPS) is 30.1. The Hall–Kier alpha value is -1.40. The van der Waals surface area contributed by atoms with Crippen molar-refractivity contribution >= 4 is 16.0 Å². The zero-order chi connectivity index (χ0) is 13.8. The predicted octanol–water partition coefficient (Wildman–Crippen LogP) is 1.09. The Labute approximate surface area is 111 Å². The second kappa shape index (κ2) is 4.05. The fraction of sp³-hybridized carbons (Fsp3) is 0.462. The van der Waals surface area contributed by atoms with E-state index in [1.165, 1.54) is 12.1 Å². The number of carboxylic acid groups (broad SMARTS) is 1. The van der Waals surface area contributed by atoms with Crippen LogP contribution in [-0.4, -0.2) is 36.4 Å². The summed E-state index contributed by atoms with van der Waals surface area (Å²) in [5, 5.41) is 9.23. The van der Waals surface area contributed by atoms with E-state index in [1.54, 1.807) is 12.1 Å². The van der Waals surface area contributed by atoms with E-state index in [1.807, 2.05) is 6.92 Å². The van der Waals surface area contributed by atoms with Crippen LogP contribution < -0.4 is 0 Å². The van der Waals surface area contributed by atoms with Crippen LogP contribution in [0.5, 0.6) is 0 Å². The van der Waals surface area contributed by atoms with E-state index in [4.69, 9.17) is 0 Å². The summed E-state index contributed by atoms with van der Waals surface area (Å²) >= 11 is 0. The highest BCUT2D eigenvalue weighted by atomic mass is 32.2. The number of carbonyl (C=O) groups is 1. The summed E-state index contributed by atoms with van der Waals surface area (Å²) in [4.78, 5) is 11.4. The monoisotopic (exact) mass is 281 g/mol. The number of nitrogens with zero attached hydrogens (tertiary/aromatic N) is 1. The molecule has 6 heteroatoms. The predicted molar refractivity (Wildman–Crippen MR) is 68.1 cm³/mol. The zero-order valence-corrected chi connectivity index (χ0v) is 11.3. The number of hydrogen-bond donors (Lipinski definition) is 1. The lowest BCUT2D eigenvalue weighted by Gasteiger charge is -2.23. The van der Waals surface area contributed by atoms with Gasteiger partial charge < -0.3 is 5.11 Å². The van der Waals surface area contributed by atoms with Gasteiger partial charge in [0.05, 0.1) is 4.90 Å². The zero-order valence-electron chi connectivity index (χ0n) is 10.5. The molecule has 0 radical (unpaired) electrons. The molecule has 102 valence electrons. The summed E-state index contributed by atoms with van der Waals surface area (Å²) in [6.07, 6.45) is 0.830. The molecule has 5 nitrogen and oxygen atoms in total. The third-order valence-electron chi connectivity index (χ3n) is 3.99. The van der Waals surface area contributed by atoms with Gasteiger partial charge in [-0.3, -0.25) is 4.79 Å². The number of fused-ring (bicyclic) bond motifs is 1. The van der Waals surface area contributed by atoms with Gasteiger partial charge in [0.15, 0.2) is 0 Å². The highest BCUT2D eigenvalue weighted by Gasteiger charge is 2.59. The Balaban J connectivity index is 1.96. The van der Waals surface area contributed by atoms with E-state index in [-0.39, 0.29) is 16.7 Å². The van der Waals surface area contributed by atoms with Crippen molar-refractivity contribution < 1.29 is 18.3 Å². The molecule has 1 saturated heterocycles. The van der Waals surface area contributed by atoms with Gasteiger partial charge in [0, 0.05) is 6.54 Å². The molecule has 19 heavy (non-hydrogen) atoms. The minimum Gasteiger partial charge on any atom is -0.480 e. The number of hydrogen-bond acceptors (Lipinski definition) is 3. The molecular formula is C13H15NO4S. The van der Waals surface area contributed by atoms with Crippen LogP contribution in [0.15, 0.2) is 29.2 Å². The summed E-state index contributed by atoms with van der Waals surface area (Å²) in [5.74, 6) is -0.820. The molecule has 1 N–H and O–H groups in total. The summed E-state index contributed by atoms with van der Waals surface area (Å²) in [5.41, 5.74) is 0.970. The van der Waals surface area contributed by atoms with Crippen LogP contribution in [0.2, 0.25) is 0 Å². The minimum absolute atomic E-state index is 0.00211. The Kier molecular flexibility index (Phi) is 2.69. The molecule has 0 unspecified atom stereocenters. The summed E-state index contributed by atoms with van der Waals surface area (Å²) < 4.78 is 26.1. The van der Waals surface area contributed by atoms with Crippen LogP contribution in [-0.2, 0) is 14.8 Å². The van der Waals surface area contributed by atoms with Gasteiger partial charge in [-0.05, 0) is 37.3 Å². The van der Waals surface area contributed by atoms with Crippen LogP contribution in [0, 0.1) is 18.8 Å². The molecule has 3 atom stereocenters. The highest BCUT2D eigenvalue weighted by molar-refractivity contribution is 7.89. The first-order valence-corrected chi connectivity index (χ1v) is 7.66. The first-order valence-electron chi connectivity index (χ1n) is 6.22. The third-order valence-corrected chi connectivity index (χ3v) is 5.85. The molecule has 1 aromatic carbocycles. The molecule has 2 aliphatic rings. The second-order valence-corrected chi connectivity index (χ2v) is 7.22. The van der Waals surface area contributed by atoms with Gasteiger partial charge in [-0.2, -0.15) is 4.31 Å². The molecule has 1 saturated carbocycles. The number of rotatable bonds is 3. The molecule has 2 fully saturated rings. The molecular weight excluding hydrogens is 266 g/mol. The Morgan fingerprint density at radius 2 is 1.95 bits per heavy atom. The van der Waals surface area contributed by atoms with E-state index in [0.29, 0.717) is 6.54 Å². The maximum absolute atomic E-state index is 12.5. The SMILES string of the molecule is Cc1ccc(S(=O)(=O)N2C[C@@H]3C[C@@H]3[C@@H]2C(=O)O)cc1. The largest absolute Gasteiger partial charge is 0.480 e. The maximum Gasteiger partial charge on any atom is 0.322 e. The fourth-order valence-corrected chi connectivity index (χ4v) is 4.51. The maximum atomic E-state index is 12.5. The Morgan fingerprint density at radius 3 is 2.53 bits per heavy atom. The van der Waals surface area contributed by atoms with Gasteiger partial charge >= 0.3 is 5.97 Å². The number of benzene rings is 1. The highest BCUT2D eigenvalue weighted by Crippen LogP contribution is 2.51. The number of aryl methyl sites for hydroxylation is 1. The molecule has 0 spiro atoms. The quantitative estimate of drug-likeness (QED) is 0.900.